The highest BCUT2D eigenvalue weighted by Gasteiger charge is 2.25. The Kier molecular flexibility index (Phi) is 11.8. The second kappa shape index (κ2) is 15.9. The number of piperazine rings is 1. The van der Waals surface area contributed by atoms with E-state index >= 15 is 0 Å². The maximum atomic E-state index is 13.4. The number of thiazole rings is 1. The molecule has 2 heterocycles. The molecule has 51 heavy (non-hydrogen) atoms. The molecule has 0 unspecified atom stereocenters. The van der Waals surface area contributed by atoms with Crippen molar-refractivity contribution in [3.05, 3.63) is 93.2 Å². The summed E-state index contributed by atoms with van der Waals surface area (Å²) in [6.45, 7) is 16.6. The van der Waals surface area contributed by atoms with Crippen LogP contribution in [0.15, 0.2) is 65.1 Å². The summed E-state index contributed by atoms with van der Waals surface area (Å²) in [6.07, 6.45) is 1.52. The van der Waals surface area contributed by atoms with E-state index in [1.54, 1.807) is 23.5 Å². The molecule has 10 nitrogen and oxygen atoms in total. The van der Waals surface area contributed by atoms with Crippen LogP contribution in [0, 0.1) is 5.82 Å². The second-order valence-corrected chi connectivity index (χ2v) is 16.0. The van der Waals surface area contributed by atoms with E-state index in [1.807, 2.05) is 18.2 Å². The van der Waals surface area contributed by atoms with Gasteiger partial charge in [0, 0.05) is 66.2 Å². The van der Waals surface area contributed by atoms with Crippen molar-refractivity contribution in [3.63, 3.8) is 0 Å². The van der Waals surface area contributed by atoms with Gasteiger partial charge in [-0.1, -0.05) is 59.2 Å². The first kappa shape index (κ1) is 37.9. The van der Waals surface area contributed by atoms with Gasteiger partial charge in [-0.05, 0) is 64.9 Å². The summed E-state index contributed by atoms with van der Waals surface area (Å²) >= 11 is 7.35. The maximum Gasteiger partial charge on any atom is 0.323 e. The Balaban J connectivity index is 1.07. The van der Waals surface area contributed by atoms with E-state index in [0.717, 1.165) is 53.6 Å². The van der Waals surface area contributed by atoms with Crippen molar-refractivity contribution in [2.24, 2.45) is 5.10 Å². The van der Waals surface area contributed by atoms with Crippen molar-refractivity contribution in [1.29, 1.82) is 0 Å². The number of phenolic OH excluding ortho intramolecular Hbond substituents is 1. The Morgan fingerprint density at radius 3 is 2.24 bits per heavy atom. The zero-order valence-corrected chi connectivity index (χ0v) is 31.4. The number of aromatic nitrogens is 1. The third kappa shape index (κ3) is 10.4. The van der Waals surface area contributed by atoms with E-state index < -0.39 is 11.8 Å². The predicted molar refractivity (Wildman–Crippen MR) is 205 cm³/mol. The van der Waals surface area contributed by atoms with Gasteiger partial charge in [0.1, 0.15) is 16.6 Å². The Bertz CT molecular complexity index is 1890. The van der Waals surface area contributed by atoms with E-state index in [4.69, 9.17) is 16.6 Å². The number of carbonyl (C=O) groups is 2. The number of halogens is 2. The molecule has 3 aromatic carbocycles. The number of anilines is 2. The van der Waals surface area contributed by atoms with E-state index in [2.05, 4.69) is 83.9 Å². The molecule has 1 aromatic heterocycles. The van der Waals surface area contributed by atoms with E-state index in [-0.39, 0.29) is 34.1 Å². The fourth-order valence-corrected chi connectivity index (χ4v) is 6.58. The van der Waals surface area contributed by atoms with Crippen molar-refractivity contribution >= 4 is 52.5 Å². The molecule has 1 aliphatic rings. The van der Waals surface area contributed by atoms with Gasteiger partial charge in [0.15, 0.2) is 0 Å². The van der Waals surface area contributed by atoms with Crippen LogP contribution in [0.5, 0.6) is 5.75 Å². The lowest BCUT2D eigenvalue weighted by Crippen LogP contribution is -2.48. The van der Waals surface area contributed by atoms with Gasteiger partial charge in [-0.2, -0.15) is 5.10 Å². The topological polar surface area (TPSA) is 122 Å². The standard InChI is InChI=1S/C38H45ClFN7O3S/c1-37(2,3)26-17-25(34(49)30(18-26)38(4,5)6)20-41-45-33(48)22-47-15-13-46(14-16-47)21-29-23-51-35(42-29)24-7-9-27(10-8-24)43-36(50)44-28-11-12-32(40)31(39)19-28/h7-12,17-20,23,49H,13-16,21-22H2,1-6H3,(H,45,48)(H2,43,44,50)/b41-20+. The molecule has 1 saturated heterocycles. The highest BCUT2D eigenvalue weighted by atomic mass is 35.5. The molecule has 0 bridgehead atoms. The number of carbonyl (C=O) groups excluding carboxylic acids is 2. The van der Waals surface area contributed by atoms with Crippen molar-refractivity contribution in [2.75, 3.05) is 43.4 Å². The van der Waals surface area contributed by atoms with Crippen molar-refractivity contribution in [2.45, 2.75) is 58.9 Å². The summed E-state index contributed by atoms with van der Waals surface area (Å²) in [6, 6.07) is 14.9. The Morgan fingerprint density at radius 1 is 0.941 bits per heavy atom. The number of urea groups is 1. The fraction of sp³-hybridized carbons (Fsp3) is 0.368. The molecule has 0 atom stereocenters. The molecule has 270 valence electrons. The predicted octanol–water partition coefficient (Wildman–Crippen LogP) is 7.82. The van der Waals surface area contributed by atoms with Gasteiger partial charge >= 0.3 is 6.03 Å². The monoisotopic (exact) mass is 733 g/mol. The van der Waals surface area contributed by atoms with Gasteiger partial charge in [-0.3, -0.25) is 14.6 Å². The molecule has 13 heteroatoms. The molecule has 0 radical (unpaired) electrons. The largest absolute Gasteiger partial charge is 0.507 e. The number of hydrogen-bond acceptors (Lipinski definition) is 8. The van der Waals surface area contributed by atoms with Crippen LogP contribution in [-0.2, 0) is 22.2 Å². The molecule has 5 rings (SSSR count). The third-order valence-electron chi connectivity index (χ3n) is 8.54. The summed E-state index contributed by atoms with van der Waals surface area (Å²) in [5, 5.41) is 23.4. The minimum atomic E-state index is -0.553. The first-order valence-electron chi connectivity index (χ1n) is 16.8. The molecule has 0 spiro atoms. The highest BCUT2D eigenvalue weighted by molar-refractivity contribution is 7.13. The van der Waals surface area contributed by atoms with Crippen LogP contribution in [0.2, 0.25) is 5.02 Å². The van der Waals surface area contributed by atoms with Gasteiger partial charge in [-0.15, -0.1) is 11.3 Å². The quantitative estimate of drug-likeness (QED) is 0.103. The minimum absolute atomic E-state index is 0.0687. The van der Waals surface area contributed by atoms with Crippen LogP contribution in [0.4, 0.5) is 20.6 Å². The highest BCUT2D eigenvalue weighted by Crippen LogP contribution is 2.37. The number of amides is 3. The molecular formula is C38H45ClFN7O3S. The first-order valence-corrected chi connectivity index (χ1v) is 18.0. The van der Waals surface area contributed by atoms with Crippen molar-refractivity contribution in [1.82, 2.24) is 20.2 Å². The van der Waals surface area contributed by atoms with Crippen molar-refractivity contribution < 1.29 is 19.1 Å². The summed E-state index contributed by atoms with van der Waals surface area (Å²) in [7, 11) is 0. The summed E-state index contributed by atoms with van der Waals surface area (Å²) in [5.74, 6) is -0.575. The minimum Gasteiger partial charge on any atom is -0.507 e. The SMILES string of the molecule is CC(C)(C)c1cc(/C=N/NC(=O)CN2CCN(Cc3csc(-c4ccc(NC(=O)Nc5ccc(F)c(Cl)c5)cc4)n3)CC2)c(O)c(C(C)(C)C)c1. The number of aromatic hydroxyl groups is 1. The molecule has 4 aromatic rings. The van der Waals surface area contributed by atoms with Gasteiger partial charge in [0.2, 0.25) is 0 Å². The number of nitrogens with one attached hydrogen (secondary N) is 3. The number of hydrogen-bond donors (Lipinski definition) is 4. The molecule has 1 fully saturated rings. The Morgan fingerprint density at radius 2 is 1.59 bits per heavy atom. The summed E-state index contributed by atoms with van der Waals surface area (Å²) in [5.41, 5.74) is 7.68. The molecule has 4 N–H and O–H groups in total. The smallest absolute Gasteiger partial charge is 0.323 e. The normalized spacial score (nSPS) is 14.5. The maximum absolute atomic E-state index is 13.4. The molecule has 3 amide bonds. The van der Waals surface area contributed by atoms with Crippen LogP contribution in [0.25, 0.3) is 10.6 Å². The van der Waals surface area contributed by atoms with Crippen molar-refractivity contribution in [3.8, 4) is 16.3 Å². The van der Waals surface area contributed by atoms with Gasteiger partial charge < -0.3 is 15.7 Å². The lowest BCUT2D eigenvalue weighted by Gasteiger charge is -2.33. The Labute approximate surface area is 307 Å². The lowest BCUT2D eigenvalue weighted by atomic mass is 9.79. The molecular weight excluding hydrogens is 689 g/mol. The van der Waals surface area contributed by atoms with Crippen LogP contribution in [-0.4, -0.2) is 70.8 Å². The number of hydrazone groups is 1. The third-order valence-corrected chi connectivity index (χ3v) is 9.77. The zero-order valence-electron chi connectivity index (χ0n) is 29.8. The average molecular weight is 734 g/mol. The molecule has 0 aliphatic carbocycles. The van der Waals surface area contributed by atoms with E-state index in [1.165, 1.54) is 24.4 Å². The molecule has 0 saturated carbocycles. The second-order valence-electron chi connectivity index (χ2n) is 14.7. The van der Waals surface area contributed by atoms with Gasteiger partial charge in [0.05, 0.1) is 23.5 Å². The average Bonchev–Trinajstić information content (AvgIpc) is 3.52. The number of phenols is 1. The van der Waals surface area contributed by atoms with Crippen LogP contribution in [0.3, 0.4) is 0 Å². The first-order chi connectivity index (χ1) is 24.0. The van der Waals surface area contributed by atoms with E-state index in [9.17, 15) is 19.1 Å². The van der Waals surface area contributed by atoms with Crippen LogP contribution in [0.1, 0.15) is 63.9 Å². The molecule has 1 aliphatic heterocycles. The number of rotatable bonds is 9. The lowest BCUT2D eigenvalue weighted by molar-refractivity contribution is -0.122. The Hall–Kier alpha value is -4.36. The van der Waals surface area contributed by atoms with Crippen LogP contribution >= 0.6 is 22.9 Å². The fourth-order valence-electron chi connectivity index (χ4n) is 5.58. The number of nitrogens with zero attached hydrogens (tertiary/aromatic N) is 4. The van der Waals surface area contributed by atoms with Crippen LogP contribution < -0.4 is 16.1 Å². The van der Waals surface area contributed by atoms with Gasteiger partial charge in [0.25, 0.3) is 5.91 Å². The van der Waals surface area contributed by atoms with E-state index in [0.29, 0.717) is 23.5 Å². The number of benzene rings is 3. The summed E-state index contributed by atoms with van der Waals surface area (Å²) in [4.78, 5) is 34.3. The zero-order chi connectivity index (χ0) is 36.9. The van der Waals surface area contributed by atoms with Gasteiger partial charge in [-0.25, -0.2) is 19.6 Å². The summed E-state index contributed by atoms with van der Waals surface area (Å²) < 4.78 is 13.4.